The van der Waals surface area contributed by atoms with E-state index in [1.807, 2.05) is 6.07 Å². The Morgan fingerprint density at radius 2 is 1.85 bits per heavy atom. The third kappa shape index (κ3) is 4.25. The summed E-state index contributed by atoms with van der Waals surface area (Å²) in [5.74, 6) is -0.468. The van der Waals surface area contributed by atoms with Crippen molar-refractivity contribution in [3.05, 3.63) is 70.8 Å². The van der Waals surface area contributed by atoms with Gasteiger partial charge in [0.05, 0.1) is 5.56 Å². The normalized spacial score (nSPS) is 18.7. The monoisotopic (exact) mass is 362 g/mol. The van der Waals surface area contributed by atoms with E-state index in [2.05, 4.69) is 4.90 Å². The number of primary amides is 1. The van der Waals surface area contributed by atoms with Crippen LogP contribution in [0.1, 0.15) is 52.4 Å². The lowest BCUT2D eigenvalue weighted by molar-refractivity contribution is -0.137. The van der Waals surface area contributed by atoms with Crippen LogP contribution in [0.15, 0.2) is 48.5 Å². The van der Waals surface area contributed by atoms with Crippen molar-refractivity contribution in [2.75, 3.05) is 6.54 Å². The zero-order valence-electron chi connectivity index (χ0n) is 14.3. The van der Waals surface area contributed by atoms with Crippen molar-refractivity contribution in [2.24, 2.45) is 5.73 Å². The van der Waals surface area contributed by atoms with Gasteiger partial charge in [-0.2, -0.15) is 13.2 Å². The van der Waals surface area contributed by atoms with E-state index in [0.717, 1.165) is 49.1 Å². The second-order valence-corrected chi connectivity index (χ2v) is 6.67. The number of likely N-dealkylation sites (tertiary alicyclic amines) is 1. The zero-order chi connectivity index (χ0) is 18.7. The van der Waals surface area contributed by atoms with Crippen LogP contribution in [0, 0.1) is 0 Å². The third-order valence-electron chi connectivity index (χ3n) is 4.83. The minimum Gasteiger partial charge on any atom is -0.366 e. The average molecular weight is 362 g/mol. The van der Waals surface area contributed by atoms with Crippen molar-refractivity contribution in [1.82, 2.24) is 4.90 Å². The topological polar surface area (TPSA) is 46.3 Å². The van der Waals surface area contributed by atoms with E-state index in [1.165, 1.54) is 0 Å². The van der Waals surface area contributed by atoms with Crippen molar-refractivity contribution >= 4 is 5.91 Å². The highest BCUT2D eigenvalue weighted by Gasteiger charge is 2.31. The number of amides is 1. The van der Waals surface area contributed by atoms with Gasteiger partial charge in [-0.15, -0.1) is 0 Å². The molecule has 6 heteroatoms. The standard InChI is InChI=1S/C20H21F3N2O/c21-20(22,23)17-9-7-15(8-10-17)18-6-1-2-11-25(18)13-14-4-3-5-16(12-14)19(24)26/h3-5,7-10,12,18H,1-2,6,11,13H2,(H2,24,26). The molecule has 0 radical (unpaired) electrons. The molecule has 0 aliphatic carbocycles. The fourth-order valence-electron chi connectivity index (χ4n) is 3.51. The number of carbonyl (C=O) groups excluding carboxylic acids is 1. The molecule has 1 heterocycles. The highest BCUT2D eigenvalue weighted by molar-refractivity contribution is 5.92. The van der Waals surface area contributed by atoms with E-state index < -0.39 is 17.6 Å². The third-order valence-corrected chi connectivity index (χ3v) is 4.83. The smallest absolute Gasteiger partial charge is 0.366 e. The van der Waals surface area contributed by atoms with Gasteiger partial charge in [0, 0.05) is 18.2 Å². The molecule has 0 saturated carbocycles. The molecule has 0 aromatic heterocycles. The van der Waals surface area contributed by atoms with Gasteiger partial charge in [0.15, 0.2) is 0 Å². The first-order valence-corrected chi connectivity index (χ1v) is 8.64. The largest absolute Gasteiger partial charge is 0.416 e. The molecule has 2 N–H and O–H groups in total. The maximum Gasteiger partial charge on any atom is 0.416 e. The second-order valence-electron chi connectivity index (χ2n) is 6.67. The lowest BCUT2D eigenvalue weighted by Crippen LogP contribution is -2.33. The molecule has 1 atom stereocenters. The summed E-state index contributed by atoms with van der Waals surface area (Å²) >= 11 is 0. The number of piperidine rings is 1. The van der Waals surface area contributed by atoms with E-state index in [4.69, 9.17) is 5.73 Å². The van der Waals surface area contributed by atoms with E-state index >= 15 is 0 Å². The molecule has 1 unspecified atom stereocenters. The van der Waals surface area contributed by atoms with Gasteiger partial charge < -0.3 is 5.73 Å². The number of rotatable bonds is 4. The lowest BCUT2D eigenvalue weighted by atomic mass is 9.94. The summed E-state index contributed by atoms with van der Waals surface area (Å²) in [7, 11) is 0. The van der Waals surface area contributed by atoms with Crippen molar-refractivity contribution in [2.45, 2.75) is 38.0 Å². The van der Waals surface area contributed by atoms with E-state index in [1.54, 1.807) is 30.3 Å². The van der Waals surface area contributed by atoms with Crippen molar-refractivity contribution in [1.29, 1.82) is 0 Å². The number of nitrogens with two attached hydrogens (primary N) is 1. The summed E-state index contributed by atoms with van der Waals surface area (Å²) in [6.45, 7) is 1.50. The maximum atomic E-state index is 12.8. The molecular weight excluding hydrogens is 341 g/mol. The predicted octanol–water partition coefficient (Wildman–Crippen LogP) is 4.53. The second kappa shape index (κ2) is 7.50. The van der Waals surface area contributed by atoms with Crippen LogP contribution in [0.5, 0.6) is 0 Å². The fourth-order valence-corrected chi connectivity index (χ4v) is 3.51. The molecule has 2 aromatic rings. The summed E-state index contributed by atoms with van der Waals surface area (Å²) in [5.41, 5.74) is 7.04. The summed E-state index contributed by atoms with van der Waals surface area (Å²) < 4.78 is 38.3. The van der Waals surface area contributed by atoms with E-state index in [0.29, 0.717) is 12.1 Å². The van der Waals surface area contributed by atoms with Gasteiger partial charge in [-0.3, -0.25) is 9.69 Å². The molecule has 0 spiro atoms. The number of hydrogen-bond donors (Lipinski definition) is 1. The van der Waals surface area contributed by atoms with Crippen molar-refractivity contribution < 1.29 is 18.0 Å². The van der Waals surface area contributed by atoms with Gasteiger partial charge >= 0.3 is 6.18 Å². The molecule has 1 saturated heterocycles. The van der Waals surface area contributed by atoms with Crippen LogP contribution in [0.3, 0.4) is 0 Å². The fraction of sp³-hybridized carbons (Fsp3) is 0.350. The summed E-state index contributed by atoms with van der Waals surface area (Å²) in [5, 5.41) is 0. The molecule has 0 bridgehead atoms. The van der Waals surface area contributed by atoms with Crippen LogP contribution in [-0.2, 0) is 12.7 Å². The molecule has 26 heavy (non-hydrogen) atoms. The SMILES string of the molecule is NC(=O)c1cccc(CN2CCCCC2c2ccc(C(F)(F)F)cc2)c1. The first-order valence-electron chi connectivity index (χ1n) is 8.64. The van der Waals surface area contributed by atoms with Gasteiger partial charge in [0.25, 0.3) is 0 Å². The minimum absolute atomic E-state index is 0.0725. The van der Waals surface area contributed by atoms with Gasteiger partial charge in [-0.05, 0) is 54.8 Å². The summed E-state index contributed by atoms with van der Waals surface area (Å²) in [6.07, 6.45) is -1.32. The number of benzene rings is 2. The zero-order valence-corrected chi connectivity index (χ0v) is 14.3. The molecule has 3 rings (SSSR count). The average Bonchev–Trinajstić information content (AvgIpc) is 2.62. The number of carbonyl (C=O) groups is 1. The van der Waals surface area contributed by atoms with Crippen LogP contribution in [0.25, 0.3) is 0 Å². The van der Waals surface area contributed by atoms with Gasteiger partial charge in [0.2, 0.25) is 5.91 Å². The molecule has 1 aliphatic rings. The van der Waals surface area contributed by atoms with Crippen LogP contribution in [-0.4, -0.2) is 17.4 Å². The first kappa shape index (κ1) is 18.5. The van der Waals surface area contributed by atoms with Gasteiger partial charge in [-0.25, -0.2) is 0 Å². The lowest BCUT2D eigenvalue weighted by Gasteiger charge is -2.36. The number of alkyl halides is 3. The quantitative estimate of drug-likeness (QED) is 0.868. The predicted molar refractivity (Wildman–Crippen MR) is 93.4 cm³/mol. The van der Waals surface area contributed by atoms with Gasteiger partial charge in [-0.1, -0.05) is 30.7 Å². The Balaban J connectivity index is 1.80. The number of nitrogens with zero attached hydrogens (tertiary/aromatic N) is 1. The molecule has 1 amide bonds. The molecule has 2 aromatic carbocycles. The highest BCUT2D eigenvalue weighted by atomic mass is 19.4. The molecule has 3 nitrogen and oxygen atoms in total. The Morgan fingerprint density at radius 1 is 1.12 bits per heavy atom. The highest BCUT2D eigenvalue weighted by Crippen LogP contribution is 2.35. The molecular formula is C20H21F3N2O. The molecule has 1 fully saturated rings. The van der Waals surface area contributed by atoms with Gasteiger partial charge in [0.1, 0.15) is 0 Å². The Kier molecular flexibility index (Phi) is 5.32. The number of halogens is 3. The Labute approximate surface area is 150 Å². The van der Waals surface area contributed by atoms with Crippen LogP contribution in [0.2, 0.25) is 0 Å². The minimum atomic E-state index is -4.32. The Hall–Kier alpha value is -2.34. The van der Waals surface area contributed by atoms with E-state index in [-0.39, 0.29) is 6.04 Å². The first-order chi connectivity index (χ1) is 12.3. The van der Waals surface area contributed by atoms with Crippen LogP contribution < -0.4 is 5.73 Å². The number of hydrogen-bond acceptors (Lipinski definition) is 2. The van der Waals surface area contributed by atoms with Crippen LogP contribution >= 0.6 is 0 Å². The van der Waals surface area contributed by atoms with E-state index in [9.17, 15) is 18.0 Å². The molecule has 138 valence electrons. The Morgan fingerprint density at radius 3 is 2.50 bits per heavy atom. The summed E-state index contributed by atoms with van der Waals surface area (Å²) in [4.78, 5) is 13.6. The Bertz CT molecular complexity index is 771. The summed E-state index contributed by atoms with van der Waals surface area (Å²) in [6, 6.07) is 12.7. The van der Waals surface area contributed by atoms with Crippen LogP contribution in [0.4, 0.5) is 13.2 Å². The van der Waals surface area contributed by atoms with Crippen molar-refractivity contribution in [3.63, 3.8) is 0 Å². The van der Waals surface area contributed by atoms with Crippen molar-refractivity contribution in [3.8, 4) is 0 Å². The maximum absolute atomic E-state index is 12.8. The molecule has 1 aliphatic heterocycles.